The van der Waals surface area contributed by atoms with E-state index in [1.165, 1.54) is 0 Å². The molecule has 3 heteroatoms. The van der Waals surface area contributed by atoms with E-state index < -0.39 is 0 Å². The van der Waals surface area contributed by atoms with Gasteiger partial charge in [-0.2, -0.15) is 5.26 Å². The highest BCUT2D eigenvalue weighted by molar-refractivity contribution is 5.19. The third kappa shape index (κ3) is 5.02. The molecule has 0 bridgehead atoms. The Labute approximate surface area is 116 Å². The number of hydrogen-bond acceptors (Lipinski definition) is 3. The molecular formula is C16H24N2O. The van der Waals surface area contributed by atoms with Crippen molar-refractivity contribution in [2.24, 2.45) is 5.92 Å². The van der Waals surface area contributed by atoms with E-state index in [0.717, 1.165) is 18.4 Å². The second-order valence-corrected chi connectivity index (χ2v) is 4.88. The minimum atomic E-state index is -0.347. The fourth-order valence-corrected chi connectivity index (χ4v) is 2.35. The molecule has 19 heavy (non-hydrogen) atoms. The molecule has 0 saturated carbocycles. The Hall–Kier alpha value is -1.37. The maximum Gasteiger partial charge on any atom is 0.0692 e. The Kier molecular flexibility index (Phi) is 7.17. The van der Waals surface area contributed by atoms with Gasteiger partial charge < -0.3 is 10.4 Å². The summed E-state index contributed by atoms with van der Waals surface area (Å²) in [7, 11) is 0. The second-order valence-electron chi connectivity index (χ2n) is 4.88. The molecule has 0 radical (unpaired) electrons. The minimum absolute atomic E-state index is 0.00443. The minimum Gasteiger partial charge on any atom is -0.392 e. The molecule has 1 rings (SSSR count). The van der Waals surface area contributed by atoms with Crippen molar-refractivity contribution >= 4 is 0 Å². The van der Waals surface area contributed by atoms with Gasteiger partial charge in [-0.3, -0.25) is 0 Å². The van der Waals surface area contributed by atoms with Gasteiger partial charge in [-0.15, -0.1) is 0 Å². The van der Waals surface area contributed by atoms with Crippen molar-refractivity contribution in [1.29, 1.82) is 5.26 Å². The van der Waals surface area contributed by atoms with Crippen LogP contribution in [-0.4, -0.2) is 17.8 Å². The number of rotatable bonds is 8. The molecule has 0 fully saturated rings. The summed E-state index contributed by atoms with van der Waals surface area (Å²) in [5.74, 6) is 0.325. The Morgan fingerprint density at radius 2 is 1.84 bits per heavy atom. The van der Waals surface area contributed by atoms with Crippen molar-refractivity contribution in [3.63, 3.8) is 0 Å². The molecule has 0 aliphatic heterocycles. The lowest BCUT2D eigenvalue weighted by Gasteiger charge is -2.23. The molecular weight excluding hydrogens is 236 g/mol. The van der Waals surface area contributed by atoms with Gasteiger partial charge in [0.2, 0.25) is 0 Å². The summed E-state index contributed by atoms with van der Waals surface area (Å²) in [6.45, 7) is 4.73. The van der Waals surface area contributed by atoms with E-state index in [1.54, 1.807) is 0 Å². The molecule has 0 aliphatic rings. The summed E-state index contributed by atoms with van der Waals surface area (Å²) in [6.07, 6.45) is 2.03. The molecule has 0 saturated heterocycles. The first-order valence-corrected chi connectivity index (χ1v) is 7.06. The van der Waals surface area contributed by atoms with Crippen LogP contribution in [0.3, 0.4) is 0 Å². The van der Waals surface area contributed by atoms with E-state index in [9.17, 15) is 5.11 Å². The molecule has 1 aromatic rings. The first kappa shape index (κ1) is 15.7. The molecule has 2 unspecified atom stereocenters. The van der Waals surface area contributed by atoms with E-state index in [-0.39, 0.29) is 12.1 Å². The number of nitrogens with one attached hydrogen (secondary N) is 1. The lowest BCUT2D eigenvalue weighted by Crippen LogP contribution is -2.34. The van der Waals surface area contributed by atoms with Crippen LogP contribution >= 0.6 is 0 Å². The lowest BCUT2D eigenvalue weighted by atomic mass is 9.96. The predicted octanol–water partition coefficient (Wildman–Crippen LogP) is 3.03. The van der Waals surface area contributed by atoms with Crippen molar-refractivity contribution in [2.45, 2.75) is 45.3 Å². The number of nitrogens with zero attached hydrogens (tertiary/aromatic N) is 1. The Bertz CT molecular complexity index is 381. The van der Waals surface area contributed by atoms with Crippen molar-refractivity contribution < 1.29 is 5.11 Å². The zero-order chi connectivity index (χ0) is 14.1. The van der Waals surface area contributed by atoms with Gasteiger partial charge in [-0.25, -0.2) is 0 Å². The van der Waals surface area contributed by atoms with Crippen LogP contribution in [0.4, 0.5) is 0 Å². The molecule has 0 aliphatic carbocycles. The Morgan fingerprint density at radius 1 is 1.21 bits per heavy atom. The van der Waals surface area contributed by atoms with Crippen molar-refractivity contribution in [3.8, 4) is 6.07 Å². The molecule has 2 atom stereocenters. The average molecular weight is 260 g/mol. The number of aliphatic hydroxyl groups excluding tert-OH is 1. The van der Waals surface area contributed by atoms with Crippen LogP contribution in [0.1, 0.15) is 44.7 Å². The summed E-state index contributed by atoms with van der Waals surface area (Å²) >= 11 is 0. The van der Waals surface area contributed by atoms with Gasteiger partial charge in [0, 0.05) is 12.6 Å². The van der Waals surface area contributed by atoms with Crippen molar-refractivity contribution in [3.05, 3.63) is 35.9 Å². The standard InChI is InChI=1S/C16H24N2O/c1-3-13(4-2)16(19)12-18-15(10-11-17)14-8-6-5-7-9-14/h5-9,13,15-16,18-19H,3-4,10,12H2,1-2H3. The topological polar surface area (TPSA) is 56.0 Å². The van der Waals surface area contributed by atoms with Gasteiger partial charge in [-0.1, -0.05) is 57.0 Å². The maximum absolute atomic E-state index is 10.1. The van der Waals surface area contributed by atoms with Gasteiger partial charge in [0.05, 0.1) is 18.6 Å². The van der Waals surface area contributed by atoms with Crippen LogP contribution in [0, 0.1) is 17.2 Å². The highest BCUT2D eigenvalue weighted by Crippen LogP contribution is 2.18. The van der Waals surface area contributed by atoms with Gasteiger partial charge in [0.1, 0.15) is 0 Å². The van der Waals surface area contributed by atoms with Gasteiger partial charge in [0.15, 0.2) is 0 Å². The van der Waals surface area contributed by atoms with Crippen molar-refractivity contribution in [2.75, 3.05) is 6.54 Å². The van der Waals surface area contributed by atoms with Gasteiger partial charge in [0.25, 0.3) is 0 Å². The Morgan fingerprint density at radius 3 is 2.37 bits per heavy atom. The van der Waals surface area contributed by atoms with E-state index >= 15 is 0 Å². The van der Waals surface area contributed by atoms with E-state index in [0.29, 0.717) is 18.9 Å². The average Bonchev–Trinajstić information content (AvgIpc) is 2.45. The first-order valence-electron chi connectivity index (χ1n) is 7.06. The number of benzene rings is 1. The largest absolute Gasteiger partial charge is 0.392 e. The van der Waals surface area contributed by atoms with Gasteiger partial charge >= 0.3 is 0 Å². The van der Waals surface area contributed by atoms with Crippen LogP contribution in [0.15, 0.2) is 30.3 Å². The third-order valence-electron chi connectivity index (χ3n) is 3.66. The third-order valence-corrected chi connectivity index (χ3v) is 3.66. The van der Waals surface area contributed by atoms with Crippen LogP contribution in [-0.2, 0) is 0 Å². The molecule has 3 nitrogen and oxygen atoms in total. The second kappa shape index (κ2) is 8.68. The summed E-state index contributed by atoms with van der Waals surface area (Å²) in [4.78, 5) is 0. The van der Waals surface area contributed by atoms with E-state index in [1.807, 2.05) is 30.3 Å². The monoisotopic (exact) mass is 260 g/mol. The molecule has 0 heterocycles. The zero-order valence-electron chi connectivity index (χ0n) is 11.8. The van der Waals surface area contributed by atoms with E-state index in [4.69, 9.17) is 5.26 Å². The Balaban J connectivity index is 2.58. The molecule has 2 N–H and O–H groups in total. The molecule has 0 aromatic heterocycles. The van der Waals surface area contributed by atoms with Crippen LogP contribution in [0.5, 0.6) is 0 Å². The normalized spacial score (nSPS) is 14.1. The van der Waals surface area contributed by atoms with Crippen LogP contribution in [0.25, 0.3) is 0 Å². The molecule has 0 amide bonds. The number of aliphatic hydroxyl groups is 1. The van der Waals surface area contributed by atoms with E-state index in [2.05, 4.69) is 25.2 Å². The summed E-state index contributed by atoms with van der Waals surface area (Å²) in [6, 6.07) is 12.1. The number of hydrogen-bond donors (Lipinski definition) is 2. The highest BCUT2D eigenvalue weighted by Gasteiger charge is 2.17. The molecule has 0 spiro atoms. The predicted molar refractivity (Wildman–Crippen MR) is 77.5 cm³/mol. The maximum atomic E-state index is 10.1. The fraction of sp³-hybridized carbons (Fsp3) is 0.562. The summed E-state index contributed by atoms with van der Waals surface area (Å²) in [5, 5.41) is 22.4. The van der Waals surface area contributed by atoms with Gasteiger partial charge in [-0.05, 0) is 11.5 Å². The molecule has 1 aromatic carbocycles. The van der Waals surface area contributed by atoms with Crippen LogP contribution in [0.2, 0.25) is 0 Å². The smallest absolute Gasteiger partial charge is 0.0692 e. The zero-order valence-corrected chi connectivity index (χ0v) is 11.8. The highest BCUT2D eigenvalue weighted by atomic mass is 16.3. The quantitative estimate of drug-likeness (QED) is 0.755. The number of nitriles is 1. The van der Waals surface area contributed by atoms with Crippen LogP contribution < -0.4 is 5.32 Å². The SMILES string of the molecule is CCC(CC)C(O)CNC(CC#N)c1ccccc1. The fourth-order valence-electron chi connectivity index (χ4n) is 2.35. The summed E-state index contributed by atoms with van der Waals surface area (Å²) in [5.41, 5.74) is 1.10. The lowest BCUT2D eigenvalue weighted by molar-refractivity contribution is 0.0984. The summed E-state index contributed by atoms with van der Waals surface area (Å²) < 4.78 is 0. The first-order chi connectivity index (χ1) is 9.22. The molecule has 104 valence electrons. The van der Waals surface area contributed by atoms with Crippen molar-refractivity contribution in [1.82, 2.24) is 5.32 Å².